The van der Waals surface area contributed by atoms with Gasteiger partial charge in [-0.15, -0.1) is 0 Å². The lowest BCUT2D eigenvalue weighted by molar-refractivity contribution is -0.00326. The van der Waals surface area contributed by atoms with Gasteiger partial charge in [-0.3, -0.25) is 4.98 Å². The van der Waals surface area contributed by atoms with Crippen molar-refractivity contribution in [1.82, 2.24) is 20.1 Å². The summed E-state index contributed by atoms with van der Waals surface area (Å²) in [6.07, 6.45) is 6.81. The predicted molar refractivity (Wildman–Crippen MR) is 118 cm³/mol. The van der Waals surface area contributed by atoms with Gasteiger partial charge in [0.25, 0.3) is 0 Å². The summed E-state index contributed by atoms with van der Waals surface area (Å²) in [7, 11) is 0. The molecular formula is C24H26N4O3. The van der Waals surface area contributed by atoms with Crippen LogP contribution in [-0.4, -0.2) is 25.2 Å². The number of aromatic nitrogens is 4. The summed E-state index contributed by atoms with van der Waals surface area (Å²) in [6.45, 7) is 3.76. The van der Waals surface area contributed by atoms with Crippen molar-refractivity contribution in [3.63, 3.8) is 0 Å². The van der Waals surface area contributed by atoms with Crippen LogP contribution in [0.1, 0.15) is 54.8 Å². The molecule has 1 aliphatic rings. The Kier molecular flexibility index (Phi) is 4.78. The lowest BCUT2D eigenvalue weighted by Gasteiger charge is -2.39. The van der Waals surface area contributed by atoms with Crippen molar-refractivity contribution in [3.8, 4) is 11.1 Å². The minimum absolute atomic E-state index is 0.00216. The minimum atomic E-state index is -1.33. The van der Waals surface area contributed by atoms with Crippen LogP contribution in [0, 0.1) is 19.8 Å². The van der Waals surface area contributed by atoms with E-state index in [1.807, 2.05) is 44.2 Å². The lowest BCUT2D eigenvalue weighted by atomic mass is 9.71. The van der Waals surface area contributed by atoms with Crippen LogP contribution in [0.2, 0.25) is 0 Å². The van der Waals surface area contributed by atoms with Crippen molar-refractivity contribution in [2.24, 2.45) is 5.92 Å². The molecule has 7 nitrogen and oxygen atoms in total. The standard InChI is InChI=1S/C24H26N4O3/c1-14-21(15(2)31-28-14)16-12-18(22-19(13-16)26-23(29)27-22)24(30,17-8-4-3-5-9-17)20-10-6-7-11-25-20/h6-7,10-13,17,30H,3-5,8-9H2,1-2H3,(H2,26,27,29). The van der Waals surface area contributed by atoms with Gasteiger partial charge in [-0.1, -0.05) is 30.5 Å². The highest BCUT2D eigenvalue weighted by molar-refractivity contribution is 5.87. The number of fused-ring (bicyclic) bond motifs is 1. The molecule has 0 bridgehead atoms. The number of aliphatic hydroxyl groups is 1. The fraction of sp³-hybridized carbons (Fsp3) is 0.375. The number of pyridine rings is 1. The summed E-state index contributed by atoms with van der Waals surface area (Å²) in [5, 5.41) is 16.5. The average Bonchev–Trinajstić information content (AvgIpc) is 3.34. The molecule has 0 amide bonds. The summed E-state index contributed by atoms with van der Waals surface area (Å²) in [5.41, 5.74) is 3.35. The quantitative estimate of drug-likeness (QED) is 0.457. The van der Waals surface area contributed by atoms with Gasteiger partial charge in [0.2, 0.25) is 0 Å². The number of aryl methyl sites for hydroxylation is 2. The molecule has 1 fully saturated rings. The average molecular weight is 418 g/mol. The van der Waals surface area contributed by atoms with Gasteiger partial charge in [0.1, 0.15) is 11.4 Å². The maximum atomic E-state index is 12.4. The summed E-state index contributed by atoms with van der Waals surface area (Å²) in [5.74, 6) is 0.692. The monoisotopic (exact) mass is 418 g/mol. The summed E-state index contributed by atoms with van der Waals surface area (Å²) < 4.78 is 5.39. The number of hydrogen-bond donors (Lipinski definition) is 3. The number of imidazole rings is 1. The number of H-pyrrole nitrogens is 2. The zero-order valence-corrected chi connectivity index (χ0v) is 17.7. The maximum Gasteiger partial charge on any atom is 0.323 e. The van der Waals surface area contributed by atoms with E-state index in [0.29, 0.717) is 28.1 Å². The van der Waals surface area contributed by atoms with Crippen molar-refractivity contribution in [2.75, 3.05) is 0 Å². The number of nitrogens with zero attached hydrogens (tertiary/aromatic N) is 2. The Morgan fingerprint density at radius 3 is 2.61 bits per heavy atom. The zero-order valence-electron chi connectivity index (χ0n) is 17.7. The van der Waals surface area contributed by atoms with Gasteiger partial charge in [0.05, 0.1) is 22.4 Å². The van der Waals surface area contributed by atoms with Crippen LogP contribution in [0.4, 0.5) is 0 Å². The number of nitrogens with one attached hydrogen (secondary N) is 2. The molecule has 1 aromatic carbocycles. The molecule has 7 heteroatoms. The Morgan fingerprint density at radius 1 is 1.13 bits per heavy atom. The number of aromatic amines is 2. The third-order valence-corrected chi connectivity index (χ3v) is 6.61. The van der Waals surface area contributed by atoms with Gasteiger partial charge in [-0.05, 0) is 62.4 Å². The topological polar surface area (TPSA) is 108 Å². The maximum absolute atomic E-state index is 12.4. The molecule has 4 aromatic rings. The largest absolute Gasteiger partial charge is 0.378 e. The highest BCUT2D eigenvalue weighted by atomic mass is 16.5. The Hall–Kier alpha value is -3.19. The molecule has 0 radical (unpaired) electrons. The third kappa shape index (κ3) is 3.20. The van der Waals surface area contributed by atoms with Gasteiger partial charge in [0, 0.05) is 17.3 Å². The molecule has 3 heterocycles. The molecular weight excluding hydrogens is 392 g/mol. The molecule has 31 heavy (non-hydrogen) atoms. The minimum Gasteiger partial charge on any atom is -0.378 e. The van der Waals surface area contributed by atoms with Gasteiger partial charge in [-0.25, -0.2) is 4.79 Å². The van der Waals surface area contributed by atoms with Gasteiger partial charge in [0.15, 0.2) is 0 Å². The first-order valence-corrected chi connectivity index (χ1v) is 10.8. The van der Waals surface area contributed by atoms with Crippen molar-refractivity contribution >= 4 is 11.0 Å². The number of benzene rings is 1. The van der Waals surface area contributed by atoms with Gasteiger partial charge < -0.3 is 19.6 Å². The molecule has 0 aliphatic heterocycles. The second kappa shape index (κ2) is 7.50. The van der Waals surface area contributed by atoms with E-state index in [4.69, 9.17) is 4.52 Å². The highest BCUT2D eigenvalue weighted by Crippen LogP contribution is 2.46. The van der Waals surface area contributed by atoms with E-state index in [9.17, 15) is 9.90 Å². The second-order valence-electron chi connectivity index (χ2n) is 8.54. The normalized spacial score (nSPS) is 17.1. The predicted octanol–water partition coefficient (Wildman–Crippen LogP) is 4.34. The molecule has 160 valence electrons. The van der Waals surface area contributed by atoms with Crippen molar-refractivity contribution in [3.05, 3.63) is 69.7 Å². The third-order valence-electron chi connectivity index (χ3n) is 6.61. The summed E-state index contributed by atoms with van der Waals surface area (Å²) >= 11 is 0. The fourth-order valence-corrected chi connectivity index (χ4v) is 5.16. The van der Waals surface area contributed by atoms with Crippen molar-refractivity contribution in [2.45, 2.75) is 51.6 Å². The first-order chi connectivity index (χ1) is 15.0. The van der Waals surface area contributed by atoms with Crippen LogP contribution in [0.5, 0.6) is 0 Å². The Balaban J connectivity index is 1.82. The summed E-state index contributed by atoms with van der Waals surface area (Å²) in [4.78, 5) is 22.6. The van der Waals surface area contributed by atoms with E-state index in [-0.39, 0.29) is 11.6 Å². The molecule has 1 atom stereocenters. The molecule has 1 aliphatic carbocycles. The molecule has 5 rings (SSSR count). The highest BCUT2D eigenvalue weighted by Gasteiger charge is 2.43. The van der Waals surface area contributed by atoms with Crippen LogP contribution in [-0.2, 0) is 5.60 Å². The molecule has 3 N–H and O–H groups in total. The van der Waals surface area contributed by atoms with Crippen LogP contribution in [0.25, 0.3) is 22.2 Å². The molecule has 1 unspecified atom stereocenters. The van der Waals surface area contributed by atoms with Gasteiger partial charge in [-0.2, -0.15) is 0 Å². The molecule has 0 saturated heterocycles. The van der Waals surface area contributed by atoms with Crippen LogP contribution in [0.15, 0.2) is 45.8 Å². The molecule has 0 spiro atoms. The van der Waals surface area contributed by atoms with E-state index >= 15 is 0 Å². The van der Waals surface area contributed by atoms with Crippen LogP contribution < -0.4 is 5.69 Å². The molecule has 1 saturated carbocycles. The van der Waals surface area contributed by atoms with E-state index in [0.717, 1.165) is 42.5 Å². The Bertz CT molecular complexity index is 1260. The number of rotatable bonds is 4. The Labute approximate surface area is 179 Å². The molecule has 3 aromatic heterocycles. The Morgan fingerprint density at radius 2 is 1.94 bits per heavy atom. The first kappa shape index (κ1) is 19.8. The smallest absolute Gasteiger partial charge is 0.323 e. The van der Waals surface area contributed by atoms with Crippen molar-refractivity contribution in [1.29, 1.82) is 0 Å². The van der Waals surface area contributed by atoms with E-state index in [2.05, 4.69) is 20.1 Å². The van der Waals surface area contributed by atoms with Crippen LogP contribution >= 0.6 is 0 Å². The van der Waals surface area contributed by atoms with Crippen LogP contribution in [0.3, 0.4) is 0 Å². The summed E-state index contributed by atoms with van der Waals surface area (Å²) in [6, 6.07) is 9.48. The second-order valence-corrected chi connectivity index (χ2v) is 8.54. The van der Waals surface area contributed by atoms with E-state index in [1.54, 1.807) is 6.20 Å². The van der Waals surface area contributed by atoms with Gasteiger partial charge >= 0.3 is 5.69 Å². The zero-order chi connectivity index (χ0) is 21.6. The number of hydrogen-bond acceptors (Lipinski definition) is 5. The van der Waals surface area contributed by atoms with E-state index in [1.165, 1.54) is 6.42 Å². The lowest BCUT2D eigenvalue weighted by Crippen LogP contribution is -2.38. The van der Waals surface area contributed by atoms with Crippen molar-refractivity contribution < 1.29 is 9.63 Å². The fourth-order valence-electron chi connectivity index (χ4n) is 5.16. The van der Waals surface area contributed by atoms with E-state index < -0.39 is 5.60 Å². The SMILES string of the molecule is Cc1noc(C)c1-c1cc(C(O)(c2ccccn2)C2CCCCC2)c2[nH]c(=O)[nH]c2c1. The first-order valence-electron chi connectivity index (χ1n) is 10.8.